The molecule has 2 aromatic rings. The number of hydrogen-bond donors (Lipinski definition) is 2. The van der Waals surface area contributed by atoms with Crippen LogP contribution in [0.3, 0.4) is 0 Å². The second kappa shape index (κ2) is 5.57. The summed E-state index contributed by atoms with van der Waals surface area (Å²) in [4.78, 5) is 13.0. The number of phenolic OH excluding ortho intramolecular Hbond substituents is 1. The Hall–Kier alpha value is -2.34. The van der Waals surface area contributed by atoms with Gasteiger partial charge in [-0.05, 0) is 38.7 Å². The average molecular weight is 289 g/mol. The molecule has 6 heteroatoms. The molecule has 0 saturated carbocycles. The van der Waals surface area contributed by atoms with Crippen LogP contribution in [0.1, 0.15) is 21.6 Å². The maximum Gasteiger partial charge on any atom is 0.356 e. The molecule has 1 aromatic carbocycles. The van der Waals surface area contributed by atoms with Crippen molar-refractivity contribution < 1.29 is 15.0 Å². The van der Waals surface area contributed by atoms with Crippen molar-refractivity contribution in [1.29, 1.82) is 0 Å². The smallest absolute Gasteiger partial charge is 0.356 e. The number of phenols is 1. The van der Waals surface area contributed by atoms with E-state index in [2.05, 4.69) is 5.10 Å². The Balaban J connectivity index is 2.58. The lowest BCUT2D eigenvalue weighted by Crippen LogP contribution is -2.11. The highest BCUT2D eigenvalue weighted by Gasteiger charge is 2.17. The normalized spacial score (nSPS) is 11.1. The van der Waals surface area contributed by atoms with Crippen LogP contribution >= 0.6 is 0 Å². The molecule has 21 heavy (non-hydrogen) atoms. The lowest BCUT2D eigenvalue weighted by atomic mass is 10.0. The second-order valence-corrected chi connectivity index (χ2v) is 5.40. The van der Waals surface area contributed by atoms with Gasteiger partial charge in [-0.25, -0.2) is 4.79 Å². The van der Waals surface area contributed by atoms with Crippen LogP contribution in [0, 0.1) is 6.92 Å². The van der Waals surface area contributed by atoms with E-state index in [-0.39, 0.29) is 11.4 Å². The monoisotopic (exact) mass is 289 g/mol. The summed E-state index contributed by atoms with van der Waals surface area (Å²) >= 11 is 0. The van der Waals surface area contributed by atoms with Gasteiger partial charge in [-0.3, -0.25) is 4.68 Å². The summed E-state index contributed by atoms with van der Waals surface area (Å²) in [5, 5.41) is 23.4. The third-order valence-corrected chi connectivity index (χ3v) is 3.19. The third kappa shape index (κ3) is 3.05. The van der Waals surface area contributed by atoms with Crippen LogP contribution in [0.2, 0.25) is 0 Å². The van der Waals surface area contributed by atoms with Crippen LogP contribution in [-0.4, -0.2) is 45.0 Å². The van der Waals surface area contributed by atoms with Crippen molar-refractivity contribution in [3.63, 3.8) is 0 Å². The standard InChI is InChI=1S/C15H19N3O3/c1-9-5-10(8-17(2)3)14(19)11(6-9)13-7-12(15(20)21)16-18(13)4/h5-7,19H,8H2,1-4H3,(H,20,21). The Morgan fingerprint density at radius 1 is 1.33 bits per heavy atom. The van der Waals surface area contributed by atoms with E-state index in [0.717, 1.165) is 11.1 Å². The van der Waals surface area contributed by atoms with Gasteiger partial charge in [-0.2, -0.15) is 5.10 Å². The van der Waals surface area contributed by atoms with Gasteiger partial charge in [0.05, 0.1) is 5.69 Å². The van der Waals surface area contributed by atoms with E-state index in [9.17, 15) is 9.90 Å². The summed E-state index contributed by atoms with van der Waals surface area (Å²) in [6.07, 6.45) is 0. The first-order valence-electron chi connectivity index (χ1n) is 6.54. The quantitative estimate of drug-likeness (QED) is 0.898. The van der Waals surface area contributed by atoms with Crippen molar-refractivity contribution in [2.45, 2.75) is 13.5 Å². The van der Waals surface area contributed by atoms with Crippen LogP contribution in [0.5, 0.6) is 5.75 Å². The van der Waals surface area contributed by atoms with Gasteiger partial charge in [0.15, 0.2) is 5.69 Å². The highest BCUT2D eigenvalue weighted by Crippen LogP contribution is 2.34. The minimum absolute atomic E-state index is 0.0393. The van der Waals surface area contributed by atoms with E-state index in [0.29, 0.717) is 17.8 Å². The van der Waals surface area contributed by atoms with Crippen molar-refractivity contribution in [3.05, 3.63) is 35.0 Å². The number of benzene rings is 1. The van der Waals surface area contributed by atoms with Crippen molar-refractivity contribution in [1.82, 2.24) is 14.7 Å². The number of carbonyl (C=O) groups is 1. The fourth-order valence-corrected chi connectivity index (χ4v) is 2.33. The van der Waals surface area contributed by atoms with Crippen LogP contribution in [0.15, 0.2) is 18.2 Å². The molecule has 0 bridgehead atoms. The number of nitrogens with zero attached hydrogens (tertiary/aromatic N) is 3. The van der Waals surface area contributed by atoms with E-state index in [1.807, 2.05) is 38.1 Å². The van der Waals surface area contributed by atoms with Crippen molar-refractivity contribution in [2.75, 3.05) is 14.1 Å². The lowest BCUT2D eigenvalue weighted by molar-refractivity contribution is 0.0689. The molecule has 1 aromatic heterocycles. The molecule has 0 aliphatic carbocycles. The SMILES string of the molecule is Cc1cc(CN(C)C)c(O)c(-c2cc(C(=O)O)nn2C)c1. The summed E-state index contributed by atoms with van der Waals surface area (Å²) < 4.78 is 1.47. The van der Waals surface area contributed by atoms with Crippen LogP contribution < -0.4 is 0 Å². The first-order chi connectivity index (χ1) is 9.79. The van der Waals surface area contributed by atoms with Gasteiger partial charge in [0.2, 0.25) is 0 Å². The molecule has 0 fully saturated rings. The largest absolute Gasteiger partial charge is 0.507 e. The zero-order valence-electron chi connectivity index (χ0n) is 12.6. The molecule has 0 aliphatic heterocycles. The summed E-state index contributed by atoms with van der Waals surface area (Å²) in [7, 11) is 5.51. The molecule has 0 radical (unpaired) electrons. The predicted octanol–water partition coefficient (Wildman–Crippen LogP) is 1.86. The average Bonchev–Trinajstić information content (AvgIpc) is 2.75. The lowest BCUT2D eigenvalue weighted by Gasteiger charge is -2.15. The topological polar surface area (TPSA) is 78.6 Å². The predicted molar refractivity (Wildman–Crippen MR) is 79.4 cm³/mol. The van der Waals surface area contributed by atoms with E-state index in [1.54, 1.807) is 7.05 Å². The van der Waals surface area contributed by atoms with Crippen LogP contribution in [0.4, 0.5) is 0 Å². The Bertz CT molecular complexity index is 690. The van der Waals surface area contributed by atoms with Gasteiger partial charge >= 0.3 is 5.97 Å². The number of hydrogen-bond acceptors (Lipinski definition) is 4. The highest BCUT2D eigenvalue weighted by molar-refractivity contribution is 5.87. The Morgan fingerprint density at radius 3 is 2.52 bits per heavy atom. The van der Waals surface area contributed by atoms with Crippen molar-refractivity contribution in [3.8, 4) is 17.0 Å². The number of aromatic nitrogens is 2. The summed E-state index contributed by atoms with van der Waals surface area (Å²) in [6, 6.07) is 5.22. The van der Waals surface area contributed by atoms with Gasteiger partial charge in [0.1, 0.15) is 5.75 Å². The number of carboxylic acids is 1. The van der Waals surface area contributed by atoms with Crippen molar-refractivity contribution >= 4 is 5.97 Å². The maximum absolute atomic E-state index is 11.0. The molecule has 0 spiro atoms. The summed E-state index contributed by atoms with van der Waals surface area (Å²) in [5.41, 5.74) is 2.93. The zero-order chi connectivity index (χ0) is 15.7. The molecule has 6 nitrogen and oxygen atoms in total. The van der Waals surface area contributed by atoms with Crippen LogP contribution in [0.25, 0.3) is 11.3 Å². The number of aromatic carboxylic acids is 1. The number of aromatic hydroxyl groups is 1. The Morgan fingerprint density at radius 2 is 2.00 bits per heavy atom. The van der Waals surface area contributed by atoms with Gasteiger partial charge in [-0.15, -0.1) is 0 Å². The molecule has 2 N–H and O–H groups in total. The fraction of sp³-hybridized carbons (Fsp3) is 0.333. The second-order valence-electron chi connectivity index (χ2n) is 5.40. The molecular formula is C15H19N3O3. The van der Waals surface area contributed by atoms with Gasteiger partial charge < -0.3 is 15.1 Å². The first-order valence-corrected chi connectivity index (χ1v) is 6.54. The molecule has 0 unspecified atom stereocenters. The summed E-state index contributed by atoms with van der Waals surface area (Å²) in [5.74, 6) is -0.924. The molecule has 2 rings (SSSR count). The van der Waals surface area contributed by atoms with E-state index >= 15 is 0 Å². The molecule has 0 atom stereocenters. The Labute approximate surface area is 123 Å². The maximum atomic E-state index is 11.0. The van der Waals surface area contributed by atoms with Crippen LogP contribution in [-0.2, 0) is 13.6 Å². The van der Waals surface area contributed by atoms with Gasteiger partial charge in [0.25, 0.3) is 0 Å². The first kappa shape index (κ1) is 15.1. The molecule has 112 valence electrons. The molecular weight excluding hydrogens is 270 g/mol. The summed E-state index contributed by atoms with van der Waals surface area (Å²) in [6.45, 7) is 2.54. The molecule has 1 heterocycles. The van der Waals surface area contributed by atoms with E-state index in [1.165, 1.54) is 10.7 Å². The van der Waals surface area contributed by atoms with Crippen molar-refractivity contribution in [2.24, 2.45) is 7.05 Å². The van der Waals surface area contributed by atoms with E-state index in [4.69, 9.17) is 5.11 Å². The highest BCUT2D eigenvalue weighted by atomic mass is 16.4. The third-order valence-electron chi connectivity index (χ3n) is 3.19. The zero-order valence-corrected chi connectivity index (χ0v) is 12.6. The van der Waals surface area contributed by atoms with Gasteiger partial charge in [-0.1, -0.05) is 6.07 Å². The van der Waals surface area contributed by atoms with Gasteiger partial charge in [0, 0.05) is 24.7 Å². The fourth-order valence-electron chi connectivity index (χ4n) is 2.33. The minimum atomic E-state index is -1.09. The Kier molecular flexibility index (Phi) is 3.99. The number of rotatable bonds is 4. The van der Waals surface area contributed by atoms with E-state index < -0.39 is 5.97 Å². The minimum Gasteiger partial charge on any atom is -0.507 e. The molecule has 0 saturated heterocycles. The molecule has 0 aliphatic rings. The number of aryl methyl sites for hydroxylation is 2. The number of carboxylic acid groups (broad SMARTS) is 1. The molecule has 0 amide bonds.